The second kappa shape index (κ2) is 6.32. The third kappa shape index (κ3) is 2.93. The largest absolute Gasteiger partial charge is 0.442 e. The molecule has 1 aliphatic heterocycles. The van der Waals surface area contributed by atoms with Crippen LogP contribution in [0.25, 0.3) is 11.1 Å². The van der Waals surface area contributed by atoms with Gasteiger partial charge in [0, 0.05) is 24.8 Å². The number of anilines is 1. The molecule has 0 radical (unpaired) electrons. The van der Waals surface area contributed by atoms with Gasteiger partial charge < -0.3 is 14.6 Å². The van der Waals surface area contributed by atoms with Crippen molar-refractivity contribution < 1.29 is 9.21 Å². The van der Waals surface area contributed by atoms with Crippen LogP contribution < -0.4 is 5.32 Å². The summed E-state index contributed by atoms with van der Waals surface area (Å²) in [6.45, 7) is 5.43. The van der Waals surface area contributed by atoms with E-state index in [0.29, 0.717) is 34.2 Å². The third-order valence-corrected chi connectivity index (χ3v) is 6.07. The van der Waals surface area contributed by atoms with Crippen molar-refractivity contribution >= 4 is 22.8 Å². The molecule has 146 valence electrons. The highest BCUT2D eigenvalue weighted by molar-refractivity contribution is 6.10. The molecule has 8 nitrogen and oxygen atoms in total. The van der Waals surface area contributed by atoms with Gasteiger partial charge in [-0.3, -0.25) is 9.89 Å². The van der Waals surface area contributed by atoms with E-state index in [4.69, 9.17) is 4.42 Å². The summed E-state index contributed by atoms with van der Waals surface area (Å²) in [5.41, 5.74) is 2.32. The minimum Gasteiger partial charge on any atom is -0.442 e. The van der Waals surface area contributed by atoms with Crippen LogP contribution in [0.5, 0.6) is 0 Å². The van der Waals surface area contributed by atoms with E-state index in [0.717, 1.165) is 38.8 Å². The quantitative estimate of drug-likeness (QED) is 0.721. The van der Waals surface area contributed by atoms with Gasteiger partial charge >= 0.3 is 0 Å². The Balaban J connectivity index is 1.42. The number of rotatable bonds is 4. The Hall–Kier alpha value is -2.90. The van der Waals surface area contributed by atoms with Crippen LogP contribution in [-0.2, 0) is 0 Å². The number of nitrogens with one attached hydrogen (secondary N) is 2. The number of fused-ring (bicyclic) bond motifs is 1. The number of hydrogen-bond donors (Lipinski definition) is 2. The maximum atomic E-state index is 13.4. The molecule has 1 amide bonds. The van der Waals surface area contributed by atoms with Crippen LogP contribution in [0.3, 0.4) is 0 Å². The maximum absolute atomic E-state index is 13.4. The molecule has 28 heavy (non-hydrogen) atoms. The van der Waals surface area contributed by atoms with E-state index in [1.807, 2.05) is 24.2 Å². The van der Waals surface area contributed by atoms with Gasteiger partial charge in [-0.15, -0.1) is 0 Å². The second-order valence-electron chi connectivity index (χ2n) is 8.22. The molecule has 1 aliphatic carbocycles. The van der Waals surface area contributed by atoms with E-state index < -0.39 is 0 Å². The van der Waals surface area contributed by atoms with Crippen molar-refractivity contribution in [2.75, 3.05) is 18.4 Å². The lowest BCUT2D eigenvalue weighted by molar-refractivity contribution is 0.0713. The molecule has 1 saturated carbocycles. The van der Waals surface area contributed by atoms with Crippen LogP contribution in [-0.4, -0.2) is 49.6 Å². The molecule has 2 N–H and O–H groups in total. The topological polar surface area (TPSA) is 99.9 Å². The number of carbonyl (C=O) groups excluding carboxylic acids is 1. The first-order chi connectivity index (χ1) is 13.5. The molecule has 3 aromatic heterocycles. The molecule has 5 rings (SSSR count). The van der Waals surface area contributed by atoms with Crippen molar-refractivity contribution in [3.63, 3.8) is 0 Å². The summed E-state index contributed by atoms with van der Waals surface area (Å²) in [6, 6.07) is 0. The van der Waals surface area contributed by atoms with Gasteiger partial charge in [0.25, 0.3) is 5.91 Å². The molecule has 8 heteroatoms. The maximum Gasteiger partial charge on any atom is 0.258 e. The Morgan fingerprint density at radius 3 is 2.79 bits per heavy atom. The van der Waals surface area contributed by atoms with Crippen LogP contribution in [0.4, 0.5) is 5.82 Å². The van der Waals surface area contributed by atoms with Gasteiger partial charge in [-0.1, -0.05) is 0 Å². The standard InChI is InChI=1S/C20H24N6O2/c1-12-15(16-17(25-20(2)5-6-20)21-11-22-18(16)28-12)19(27)26-7-3-13(4-8-26)14-9-23-24-10-14/h9-11,13H,3-8H2,1-2H3,(H,23,24)(H,21,22,25). The zero-order chi connectivity index (χ0) is 19.3. The fourth-order valence-corrected chi connectivity index (χ4v) is 4.05. The number of H-pyrrole nitrogens is 1. The lowest BCUT2D eigenvalue weighted by Crippen LogP contribution is -2.38. The molecule has 0 atom stereocenters. The number of amides is 1. The van der Waals surface area contributed by atoms with Crippen LogP contribution >= 0.6 is 0 Å². The van der Waals surface area contributed by atoms with Crippen molar-refractivity contribution in [2.24, 2.45) is 0 Å². The zero-order valence-corrected chi connectivity index (χ0v) is 16.2. The summed E-state index contributed by atoms with van der Waals surface area (Å²) < 4.78 is 5.82. The number of hydrogen-bond acceptors (Lipinski definition) is 6. The van der Waals surface area contributed by atoms with Gasteiger partial charge in [-0.2, -0.15) is 5.10 Å². The third-order valence-electron chi connectivity index (χ3n) is 6.07. The van der Waals surface area contributed by atoms with E-state index in [1.54, 1.807) is 0 Å². The molecule has 0 bridgehead atoms. The number of aromatic nitrogens is 4. The number of aryl methyl sites for hydroxylation is 1. The molecule has 0 spiro atoms. The van der Waals surface area contributed by atoms with Gasteiger partial charge in [0.05, 0.1) is 17.1 Å². The number of furan rings is 1. The molecule has 2 fully saturated rings. The molecular formula is C20H24N6O2. The predicted octanol–water partition coefficient (Wildman–Crippen LogP) is 3.24. The Morgan fingerprint density at radius 2 is 2.11 bits per heavy atom. The Labute approximate surface area is 162 Å². The fourth-order valence-electron chi connectivity index (χ4n) is 4.05. The van der Waals surface area contributed by atoms with Gasteiger partial charge in [0.15, 0.2) is 0 Å². The van der Waals surface area contributed by atoms with E-state index in [1.165, 1.54) is 11.9 Å². The Bertz CT molecular complexity index is 1010. The SMILES string of the molecule is Cc1oc2ncnc(NC3(C)CC3)c2c1C(=O)N1CCC(c2cn[nH]c2)CC1. The van der Waals surface area contributed by atoms with E-state index in [-0.39, 0.29) is 11.4 Å². The summed E-state index contributed by atoms with van der Waals surface area (Å²) in [6.07, 6.45) is 9.37. The monoisotopic (exact) mass is 380 g/mol. The molecule has 0 unspecified atom stereocenters. The zero-order valence-electron chi connectivity index (χ0n) is 16.2. The first-order valence-electron chi connectivity index (χ1n) is 9.84. The summed E-state index contributed by atoms with van der Waals surface area (Å²) in [7, 11) is 0. The molecule has 4 heterocycles. The van der Waals surface area contributed by atoms with E-state index in [2.05, 4.69) is 32.4 Å². The van der Waals surface area contributed by atoms with Gasteiger partial charge in [-0.05, 0) is 51.0 Å². The highest BCUT2D eigenvalue weighted by Gasteiger charge is 2.39. The first kappa shape index (κ1) is 17.2. The molecule has 1 saturated heterocycles. The minimum atomic E-state index is 0.000642. The summed E-state index contributed by atoms with van der Waals surface area (Å²) in [5.74, 6) is 1.74. The van der Waals surface area contributed by atoms with Crippen LogP contribution in [0.2, 0.25) is 0 Å². The van der Waals surface area contributed by atoms with Gasteiger partial charge in [-0.25, -0.2) is 9.97 Å². The van der Waals surface area contributed by atoms with Crippen molar-refractivity contribution in [3.8, 4) is 0 Å². The normalized spacial score (nSPS) is 19.1. The Kier molecular flexibility index (Phi) is 3.89. The molecule has 2 aliphatic rings. The molecular weight excluding hydrogens is 356 g/mol. The van der Waals surface area contributed by atoms with Crippen LogP contribution in [0.15, 0.2) is 23.1 Å². The van der Waals surface area contributed by atoms with Crippen LogP contribution in [0.1, 0.15) is 60.2 Å². The van der Waals surface area contributed by atoms with Gasteiger partial charge in [0.2, 0.25) is 5.71 Å². The highest BCUT2D eigenvalue weighted by atomic mass is 16.3. The predicted molar refractivity (Wildman–Crippen MR) is 104 cm³/mol. The van der Waals surface area contributed by atoms with E-state index >= 15 is 0 Å². The number of nitrogens with zero attached hydrogens (tertiary/aromatic N) is 4. The lowest BCUT2D eigenvalue weighted by atomic mass is 9.91. The first-order valence-corrected chi connectivity index (χ1v) is 9.84. The van der Waals surface area contributed by atoms with Gasteiger partial charge in [0.1, 0.15) is 17.9 Å². The summed E-state index contributed by atoms with van der Waals surface area (Å²) >= 11 is 0. The van der Waals surface area contributed by atoms with E-state index in [9.17, 15) is 4.79 Å². The smallest absolute Gasteiger partial charge is 0.258 e. The molecule has 3 aromatic rings. The van der Waals surface area contributed by atoms with Crippen molar-refractivity contribution in [1.82, 2.24) is 25.1 Å². The number of piperidine rings is 1. The summed E-state index contributed by atoms with van der Waals surface area (Å²) in [4.78, 5) is 24.0. The number of likely N-dealkylation sites (tertiary alicyclic amines) is 1. The van der Waals surface area contributed by atoms with Crippen LogP contribution in [0, 0.1) is 6.92 Å². The lowest BCUT2D eigenvalue weighted by Gasteiger charge is -2.31. The van der Waals surface area contributed by atoms with Crippen molar-refractivity contribution in [3.05, 3.63) is 35.6 Å². The second-order valence-corrected chi connectivity index (χ2v) is 8.22. The fraction of sp³-hybridized carbons (Fsp3) is 0.500. The van der Waals surface area contributed by atoms with Crippen molar-refractivity contribution in [1.29, 1.82) is 0 Å². The van der Waals surface area contributed by atoms with Crippen molar-refractivity contribution in [2.45, 2.75) is 51.0 Å². The Morgan fingerprint density at radius 1 is 1.32 bits per heavy atom. The average Bonchev–Trinajstić information content (AvgIpc) is 3.11. The number of carbonyl (C=O) groups is 1. The summed E-state index contributed by atoms with van der Waals surface area (Å²) in [5, 5.41) is 11.1. The minimum absolute atomic E-state index is 0.000642. The number of aromatic amines is 1. The average molecular weight is 380 g/mol. The molecule has 0 aromatic carbocycles. The highest BCUT2D eigenvalue weighted by Crippen LogP contribution is 2.40.